The smallest absolute Gasteiger partial charge is 0.199 e. The summed E-state index contributed by atoms with van der Waals surface area (Å²) in [4.78, 5) is 12.1. The molecule has 0 aromatic heterocycles. The number of ether oxygens (including phenoxy) is 4. The van der Waals surface area contributed by atoms with Gasteiger partial charge in [-0.3, -0.25) is 4.79 Å². The number of halogens is 1. The fourth-order valence-electron chi connectivity index (χ4n) is 1.87. The van der Waals surface area contributed by atoms with Crippen molar-refractivity contribution in [3.8, 4) is 11.5 Å². The predicted molar refractivity (Wildman–Crippen MR) is 81.6 cm³/mol. The lowest BCUT2D eigenvalue weighted by Gasteiger charge is -2.18. The molecule has 0 unspecified atom stereocenters. The average molecular weight is 390 g/mol. The van der Waals surface area contributed by atoms with Crippen molar-refractivity contribution in [1.82, 2.24) is 0 Å². The third kappa shape index (κ3) is 3.31. The monoisotopic (exact) mass is 390 g/mol. The number of ketones is 1. The van der Waals surface area contributed by atoms with Crippen LogP contribution >= 0.6 is 22.6 Å². The molecule has 0 heterocycles. The van der Waals surface area contributed by atoms with Gasteiger partial charge in [-0.1, -0.05) is 6.08 Å². The minimum absolute atomic E-state index is 0.00686. The Bertz CT molecular complexity index is 539. The van der Waals surface area contributed by atoms with Crippen LogP contribution in [0.5, 0.6) is 11.5 Å². The molecule has 0 atom stereocenters. The molecule has 5 nitrogen and oxygen atoms in total. The maximum atomic E-state index is 12.1. The second kappa shape index (κ2) is 7.05. The van der Waals surface area contributed by atoms with Gasteiger partial charge in [0.2, 0.25) is 0 Å². The second-order valence-electron chi connectivity index (χ2n) is 4.14. The number of fused-ring (bicyclic) bond motifs is 1. The molecule has 1 aliphatic rings. The highest BCUT2D eigenvalue weighted by Gasteiger charge is 2.22. The van der Waals surface area contributed by atoms with Crippen molar-refractivity contribution in [2.24, 2.45) is 0 Å². The Morgan fingerprint density at radius 2 is 1.70 bits per heavy atom. The highest BCUT2D eigenvalue weighted by Crippen LogP contribution is 2.35. The largest absolute Gasteiger partial charge is 0.464 e. The van der Waals surface area contributed by atoms with E-state index >= 15 is 0 Å². The number of allylic oxidation sites excluding steroid dienone is 2. The van der Waals surface area contributed by atoms with E-state index in [0.717, 1.165) is 9.14 Å². The van der Waals surface area contributed by atoms with Crippen LogP contribution in [0.2, 0.25) is 0 Å². The summed E-state index contributed by atoms with van der Waals surface area (Å²) in [6.07, 6.45) is 2.61. The molecule has 6 heteroatoms. The molecule has 0 aliphatic heterocycles. The summed E-state index contributed by atoms with van der Waals surface area (Å²) >= 11 is 2.05. The van der Waals surface area contributed by atoms with Gasteiger partial charge in [0, 0.05) is 19.8 Å². The van der Waals surface area contributed by atoms with Crippen molar-refractivity contribution in [3.63, 3.8) is 0 Å². The molecule has 0 amide bonds. The van der Waals surface area contributed by atoms with E-state index in [1.165, 1.54) is 7.11 Å². The zero-order valence-corrected chi connectivity index (χ0v) is 13.4. The van der Waals surface area contributed by atoms with Gasteiger partial charge in [-0.2, -0.15) is 0 Å². The Morgan fingerprint density at radius 1 is 1.10 bits per heavy atom. The number of Topliss-reactive ketones (excluding diaryl/α,β-unsaturated/α-hetero) is 1. The minimum atomic E-state index is 0.00686. The van der Waals surface area contributed by atoms with Crippen molar-refractivity contribution in [2.75, 3.05) is 27.8 Å². The first-order chi connectivity index (χ1) is 9.67. The topological polar surface area (TPSA) is 54.0 Å². The van der Waals surface area contributed by atoms with Crippen molar-refractivity contribution in [1.29, 1.82) is 0 Å². The molecule has 0 fully saturated rings. The quantitative estimate of drug-likeness (QED) is 0.553. The van der Waals surface area contributed by atoms with Crippen LogP contribution in [0.15, 0.2) is 21.8 Å². The lowest BCUT2D eigenvalue weighted by molar-refractivity contribution is 0.0321. The maximum absolute atomic E-state index is 12.1. The average Bonchev–Trinajstić information content (AvgIpc) is 2.47. The van der Waals surface area contributed by atoms with Crippen LogP contribution in [0.1, 0.15) is 15.9 Å². The lowest BCUT2D eigenvalue weighted by atomic mass is 9.95. The first-order valence-electron chi connectivity index (χ1n) is 5.98. The van der Waals surface area contributed by atoms with E-state index in [-0.39, 0.29) is 19.4 Å². The third-order valence-electron chi connectivity index (χ3n) is 2.80. The minimum Gasteiger partial charge on any atom is -0.464 e. The zero-order chi connectivity index (χ0) is 14.5. The van der Waals surface area contributed by atoms with E-state index in [2.05, 4.69) is 0 Å². The van der Waals surface area contributed by atoms with Crippen LogP contribution in [0.3, 0.4) is 0 Å². The Morgan fingerprint density at radius 3 is 2.30 bits per heavy atom. The van der Waals surface area contributed by atoms with Crippen LogP contribution in [-0.2, 0) is 15.9 Å². The second-order valence-corrected chi connectivity index (χ2v) is 5.31. The van der Waals surface area contributed by atoms with Crippen LogP contribution < -0.4 is 9.47 Å². The molecule has 20 heavy (non-hydrogen) atoms. The summed E-state index contributed by atoms with van der Waals surface area (Å²) < 4.78 is 21.4. The van der Waals surface area contributed by atoms with Crippen molar-refractivity contribution >= 4 is 28.4 Å². The van der Waals surface area contributed by atoms with Crippen LogP contribution in [0, 0.1) is 0 Å². The maximum Gasteiger partial charge on any atom is 0.199 e. The summed E-state index contributed by atoms with van der Waals surface area (Å²) in [5.74, 6) is 1.02. The number of benzene rings is 1. The van der Waals surface area contributed by atoms with Gasteiger partial charge < -0.3 is 18.9 Å². The molecule has 1 aliphatic carbocycles. The molecular formula is C14H15IO5. The molecule has 1 aromatic rings. The van der Waals surface area contributed by atoms with Gasteiger partial charge in [0.15, 0.2) is 30.9 Å². The van der Waals surface area contributed by atoms with E-state index in [4.69, 9.17) is 18.9 Å². The first kappa shape index (κ1) is 15.3. The summed E-state index contributed by atoms with van der Waals surface area (Å²) in [6.45, 7) is 0.201. The first-order valence-corrected chi connectivity index (χ1v) is 7.06. The van der Waals surface area contributed by atoms with E-state index < -0.39 is 0 Å². The van der Waals surface area contributed by atoms with Gasteiger partial charge in [0.25, 0.3) is 0 Å². The number of hydrogen-bond acceptors (Lipinski definition) is 5. The Hall–Kier alpha value is -1.12. The van der Waals surface area contributed by atoms with Crippen LogP contribution in [0.4, 0.5) is 0 Å². The van der Waals surface area contributed by atoms with Crippen LogP contribution in [0.25, 0.3) is 0 Å². The van der Waals surface area contributed by atoms with Gasteiger partial charge in [-0.05, 0) is 46.7 Å². The number of hydrogen-bond donors (Lipinski definition) is 0. The number of rotatable bonds is 6. The molecule has 1 aromatic carbocycles. The molecule has 108 valence electrons. The molecular weight excluding hydrogens is 375 g/mol. The highest BCUT2D eigenvalue weighted by atomic mass is 127. The molecule has 0 bridgehead atoms. The normalized spacial score (nSPS) is 13.8. The summed E-state index contributed by atoms with van der Waals surface area (Å²) in [5.41, 5.74) is 1.57. The molecule has 0 spiro atoms. The fraction of sp³-hybridized carbons (Fsp3) is 0.357. The van der Waals surface area contributed by atoms with Crippen molar-refractivity contribution in [2.45, 2.75) is 6.42 Å². The third-order valence-corrected chi connectivity index (χ3v) is 3.73. The van der Waals surface area contributed by atoms with Gasteiger partial charge >= 0.3 is 0 Å². The highest BCUT2D eigenvalue weighted by molar-refractivity contribution is 14.1. The number of carbonyl (C=O) groups excluding carboxylic acids is 1. The Labute approximate surface area is 131 Å². The van der Waals surface area contributed by atoms with E-state index in [1.54, 1.807) is 13.2 Å². The standard InChI is InChI=1S/C14H15IO5/c1-17-7-19-12-5-9-3-4-11(15)14(16)10(9)6-13(12)20-8-18-2/h4-6H,3,7-8H2,1-2H3. The Kier molecular flexibility index (Phi) is 5.38. The Balaban J connectivity index is 2.36. The van der Waals surface area contributed by atoms with Crippen molar-refractivity contribution < 1.29 is 23.7 Å². The fourth-order valence-corrected chi connectivity index (χ4v) is 2.38. The summed E-state index contributed by atoms with van der Waals surface area (Å²) in [5, 5.41) is 0. The van der Waals surface area contributed by atoms with E-state index in [0.29, 0.717) is 23.5 Å². The molecule has 0 saturated carbocycles. The SMILES string of the molecule is COCOc1cc2c(cc1OCOC)C(=O)C(I)=CC2. The summed E-state index contributed by atoms with van der Waals surface area (Å²) in [6, 6.07) is 3.52. The van der Waals surface area contributed by atoms with E-state index in [9.17, 15) is 4.79 Å². The molecule has 2 rings (SSSR count). The zero-order valence-electron chi connectivity index (χ0n) is 11.3. The van der Waals surface area contributed by atoms with Gasteiger partial charge in [0.1, 0.15) is 0 Å². The number of carbonyl (C=O) groups is 1. The van der Waals surface area contributed by atoms with E-state index in [1.807, 2.05) is 34.7 Å². The van der Waals surface area contributed by atoms with Crippen LogP contribution in [-0.4, -0.2) is 33.6 Å². The van der Waals surface area contributed by atoms with Crippen molar-refractivity contribution in [3.05, 3.63) is 32.9 Å². The van der Waals surface area contributed by atoms with Gasteiger partial charge in [-0.25, -0.2) is 0 Å². The number of methoxy groups -OCH3 is 2. The van der Waals surface area contributed by atoms with Gasteiger partial charge in [0.05, 0.1) is 3.58 Å². The lowest BCUT2D eigenvalue weighted by Crippen LogP contribution is -2.12. The molecule has 0 N–H and O–H groups in total. The molecule has 0 radical (unpaired) electrons. The van der Waals surface area contributed by atoms with Gasteiger partial charge in [-0.15, -0.1) is 0 Å². The summed E-state index contributed by atoms with van der Waals surface area (Å²) in [7, 11) is 3.08. The molecule has 0 saturated heterocycles. The predicted octanol–water partition coefficient (Wildman–Crippen LogP) is 2.71.